The summed E-state index contributed by atoms with van der Waals surface area (Å²) in [6.45, 7) is 2.49. The number of hydrogen-bond donors (Lipinski definition) is 3. The summed E-state index contributed by atoms with van der Waals surface area (Å²) < 4.78 is 27.1. The molecule has 9 nitrogen and oxygen atoms in total. The topological polar surface area (TPSA) is 121 Å². The second-order valence-electron chi connectivity index (χ2n) is 7.07. The second kappa shape index (κ2) is 9.68. The van der Waals surface area contributed by atoms with Crippen LogP contribution in [0.25, 0.3) is 0 Å². The number of anilines is 1. The number of hydrogen-bond acceptors (Lipinski definition) is 5. The molecular weight excluding hydrogens is 406 g/mol. The number of piperidine rings is 1. The molecule has 1 aliphatic heterocycles. The fraction of sp³-hybridized carbons (Fsp3) is 0.350. The van der Waals surface area contributed by atoms with Gasteiger partial charge in [-0.05, 0) is 48.7 Å². The van der Waals surface area contributed by atoms with E-state index in [0.29, 0.717) is 38.2 Å². The largest absolute Gasteiger partial charge is 0.354 e. The van der Waals surface area contributed by atoms with Crippen LogP contribution in [0.5, 0.6) is 0 Å². The second-order valence-corrected chi connectivity index (χ2v) is 9.01. The molecule has 1 saturated heterocycles. The van der Waals surface area contributed by atoms with E-state index in [-0.39, 0.29) is 16.8 Å². The number of nitrogens with zero attached hydrogens (tertiary/aromatic N) is 2. The summed E-state index contributed by atoms with van der Waals surface area (Å²) in [5.74, 6) is -0.108. The molecule has 0 aliphatic carbocycles. The number of sulfonamides is 1. The summed E-state index contributed by atoms with van der Waals surface area (Å²) >= 11 is 0. The molecule has 1 aromatic carbocycles. The van der Waals surface area contributed by atoms with Crippen molar-refractivity contribution in [3.05, 3.63) is 54.4 Å². The zero-order valence-corrected chi connectivity index (χ0v) is 17.5. The average Bonchev–Trinajstić information content (AvgIpc) is 2.73. The number of nitrogens with one attached hydrogen (secondary N) is 3. The Morgan fingerprint density at radius 3 is 2.43 bits per heavy atom. The number of benzene rings is 1. The smallest absolute Gasteiger partial charge is 0.319 e. The van der Waals surface area contributed by atoms with Gasteiger partial charge in [-0.15, -0.1) is 0 Å². The first-order valence-electron chi connectivity index (χ1n) is 9.65. The fourth-order valence-electron chi connectivity index (χ4n) is 3.25. The molecule has 2 heterocycles. The lowest BCUT2D eigenvalue weighted by atomic mass is 10.1. The molecule has 1 aliphatic rings. The summed E-state index contributed by atoms with van der Waals surface area (Å²) in [5.41, 5.74) is 1.36. The van der Waals surface area contributed by atoms with Gasteiger partial charge < -0.3 is 16.0 Å². The van der Waals surface area contributed by atoms with Gasteiger partial charge in [0.1, 0.15) is 0 Å². The van der Waals surface area contributed by atoms with Gasteiger partial charge in [0.2, 0.25) is 15.9 Å². The van der Waals surface area contributed by atoms with Crippen molar-refractivity contribution in [1.29, 1.82) is 0 Å². The van der Waals surface area contributed by atoms with Gasteiger partial charge in [-0.2, -0.15) is 4.31 Å². The Labute approximate surface area is 175 Å². The maximum Gasteiger partial charge on any atom is 0.319 e. The van der Waals surface area contributed by atoms with E-state index < -0.39 is 16.1 Å². The lowest BCUT2D eigenvalue weighted by molar-refractivity contribution is -0.119. The first kappa shape index (κ1) is 21.7. The van der Waals surface area contributed by atoms with Gasteiger partial charge in [0.15, 0.2) is 0 Å². The molecule has 3 rings (SSSR count). The van der Waals surface area contributed by atoms with Gasteiger partial charge in [-0.1, -0.05) is 6.07 Å². The van der Waals surface area contributed by atoms with Crippen LogP contribution in [0.2, 0.25) is 0 Å². The van der Waals surface area contributed by atoms with Crippen molar-refractivity contribution in [1.82, 2.24) is 19.9 Å². The molecule has 0 atom stereocenters. The van der Waals surface area contributed by atoms with Crippen molar-refractivity contribution in [3.63, 3.8) is 0 Å². The maximum atomic E-state index is 12.8. The number of carbonyl (C=O) groups is 2. The summed E-state index contributed by atoms with van der Waals surface area (Å²) in [6.07, 6.45) is 4.48. The lowest BCUT2D eigenvalue weighted by Crippen LogP contribution is -2.45. The van der Waals surface area contributed by atoms with E-state index in [1.54, 1.807) is 30.6 Å². The van der Waals surface area contributed by atoms with E-state index in [4.69, 9.17) is 0 Å². The third kappa shape index (κ3) is 5.77. The average molecular weight is 432 g/mol. The first-order valence-corrected chi connectivity index (χ1v) is 11.1. The number of urea groups is 1. The predicted molar refractivity (Wildman–Crippen MR) is 112 cm³/mol. The van der Waals surface area contributed by atoms with Gasteiger partial charge >= 0.3 is 6.03 Å². The fourth-order valence-corrected chi connectivity index (χ4v) is 4.72. The molecule has 1 aromatic heterocycles. The summed E-state index contributed by atoms with van der Waals surface area (Å²) in [4.78, 5) is 27.3. The standard InChI is InChI=1S/C20H25N5O4S/c1-15(26)23-18-8-11-25(12-9-18)30(28,29)19-6-4-17(5-7-19)24-20(27)22-14-16-3-2-10-21-13-16/h2-7,10,13,18H,8-9,11-12,14H2,1H3,(H,23,26)(H2,22,24,27). The summed E-state index contributed by atoms with van der Waals surface area (Å²) in [6, 6.07) is 9.32. The molecular formula is C20H25N5O4S. The molecule has 0 bridgehead atoms. The molecule has 10 heteroatoms. The van der Waals surface area contributed by atoms with Gasteiger partial charge in [0.05, 0.1) is 4.90 Å². The van der Waals surface area contributed by atoms with Crippen LogP contribution >= 0.6 is 0 Å². The molecule has 3 amide bonds. The van der Waals surface area contributed by atoms with Crippen LogP contribution < -0.4 is 16.0 Å². The van der Waals surface area contributed by atoms with E-state index in [9.17, 15) is 18.0 Å². The van der Waals surface area contributed by atoms with Crippen LogP contribution in [-0.4, -0.2) is 48.8 Å². The minimum atomic E-state index is -3.62. The number of amides is 3. The molecule has 160 valence electrons. The van der Waals surface area contributed by atoms with E-state index in [1.807, 2.05) is 6.07 Å². The first-order chi connectivity index (χ1) is 14.3. The number of pyridine rings is 1. The third-order valence-electron chi connectivity index (χ3n) is 4.79. The Balaban J connectivity index is 1.54. The van der Waals surface area contributed by atoms with Crippen molar-refractivity contribution in [2.24, 2.45) is 0 Å². The van der Waals surface area contributed by atoms with Gasteiger partial charge in [-0.25, -0.2) is 13.2 Å². The highest BCUT2D eigenvalue weighted by atomic mass is 32.2. The van der Waals surface area contributed by atoms with Crippen LogP contribution in [0, 0.1) is 0 Å². The highest BCUT2D eigenvalue weighted by Crippen LogP contribution is 2.22. The van der Waals surface area contributed by atoms with Gasteiger partial charge in [0.25, 0.3) is 0 Å². The SMILES string of the molecule is CC(=O)NC1CCN(S(=O)(=O)c2ccc(NC(=O)NCc3cccnc3)cc2)CC1. The van der Waals surface area contributed by atoms with Gasteiger partial charge in [0, 0.05) is 50.7 Å². The number of rotatable bonds is 6. The molecule has 0 radical (unpaired) electrons. The van der Waals surface area contributed by atoms with Crippen LogP contribution in [-0.2, 0) is 21.4 Å². The summed E-state index contributed by atoms with van der Waals surface area (Å²) in [5, 5.41) is 8.22. The zero-order chi connectivity index (χ0) is 21.6. The van der Waals surface area contributed by atoms with E-state index in [2.05, 4.69) is 20.9 Å². The quantitative estimate of drug-likeness (QED) is 0.643. The van der Waals surface area contributed by atoms with Crippen LogP contribution in [0.15, 0.2) is 53.7 Å². The Morgan fingerprint density at radius 1 is 1.13 bits per heavy atom. The Bertz CT molecular complexity index is 972. The molecule has 30 heavy (non-hydrogen) atoms. The molecule has 0 saturated carbocycles. The highest BCUT2D eigenvalue weighted by Gasteiger charge is 2.29. The molecule has 3 N–H and O–H groups in total. The Morgan fingerprint density at radius 2 is 1.83 bits per heavy atom. The van der Waals surface area contributed by atoms with E-state index in [0.717, 1.165) is 5.56 Å². The Hall–Kier alpha value is -2.98. The maximum absolute atomic E-state index is 12.8. The van der Waals surface area contributed by atoms with Crippen molar-refractivity contribution >= 4 is 27.6 Å². The molecule has 1 fully saturated rings. The third-order valence-corrected chi connectivity index (χ3v) is 6.70. The van der Waals surface area contributed by atoms with Crippen LogP contribution in [0.3, 0.4) is 0 Å². The monoisotopic (exact) mass is 431 g/mol. The molecule has 2 aromatic rings. The minimum Gasteiger partial charge on any atom is -0.354 e. The van der Waals surface area contributed by atoms with Gasteiger partial charge in [-0.3, -0.25) is 9.78 Å². The molecule has 0 unspecified atom stereocenters. The minimum absolute atomic E-state index is 0.00528. The Kier molecular flexibility index (Phi) is 7.01. The number of aromatic nitrogens is 1. The van der Waals surface area contributed by atoms with Crippen LogP contribution in [0.4, 0.5) is 10.5 Å². The van der Waals surface area contributed by atoms with E-state index >= 15 is 0 Å². The predicted octanol–water partition coefficient (Wildman–Crippen LogP) is 1.69. The summed E-state index contributed by atoms with van der Waals surface area (Å²) in [7, 11) is -3.62. The van der Waals surface area contributed by atoms with Crippen molar-refractivity contribution in [3.8, 4) is 0 Å². The molecule has 0 spiro atoms. The van der Waals surface area contributed by atoms with Crippen molar-refractivity contribution in [2.75, 3.05) is 18.4 Å². The van der Waals surface area contributed by atoms with Crippen LogP contribution in [0.1, 0.15) is 25.3 Å². The lowest BCUT2D eigenvalue weighted by Gasteiger charge is -2.31. The highest BCUT2D eigenvalue weighted by molar-refractivity contribution is 7.89. The van der Waals surface area contributed by atoms with Crippen molar-refractivity contribution < 1.29 is 18.0 Å². The van der Waals surface area contributed by atoms with Crippen molar-refractivity contribution in [2.45, 2.75) is 37.2 Å². The normalized spacial score (nSPS) is 15.4. The van der Waals surface area contributed by atoms with E-state index in [1.165, 1.54) is 23.4 Å². The zero-order valence-electron chi connectivity index (χ0n) is 16.7. The number of carbonyl (C=O) groups excluding carboxylic acids is 2.